The summed E-state index contributed by atoms with van der Waals surface area (Å²) in [6, 6.07) is 6.81. The van der Waals surface area contributed by atoms with Gasteiger partial charge in [-0.15, -0.1) is 0 Å². The molecule has 0 aliphatic carbocycles. The Morgan fingerprint density at radius 1 is 0.407 bits per heavy atom. The SMILES string of the molecule is CC(C)(C)C(Br)(Br)c1cc(C(Br)(Br)C(C)(C)C)cc(C(Br)(Br)C(C)(C)C)c1. The van der Waals surface area contributed by atoms with Gasteiger partial charge in [0.1, 0.15) is 9.70 Å². The van der Waals surface area contributed by atoms with E-state index in [-0.39, 0.29) is 25.9 Å². The third kappa shape index (κ3) is 5.48. The average molecular weight is 762 g/mol. The molecule has 0 fully saturated rings. The van der Waals surface area contributed by atoms with Crippen molar-refractivity contribution >= 4 is 95.6 Å². The Morgan fingerprint density at radius 3 is 0.667 bits per heavy atom. The molecule has 0 aliphatic rings. The second-order valence-electron chi connectivity index (χ2n) is 10.3. The van der Waals surface area contributed by atoms with E-state index in [2.05, 4.69) is 176 Å². The van der Waals surface area contributed by atoms with E-state index in [1.54, 1.807) is 0 Å². The van der Waals surface area contributed by atoms with Gasteiger partial charge in [0.25, 0.3) is 0 Å². The fourth-order valence-electron chi connectivity index (χ4n) is 2.47. The molecule has 0 unspecified atom stereocenters. The van der Waals surface area contributed by atoms with E-state index in [1.165, 1.54) is 16.7 Å². The molecule has 0 nitrogen and oxygen atoms in total. The van der Waals surface area contributed by atoms with Gasteiger partial charge in [0.2, 0.25) is 0 Å². The Morgan fingerprint density at radius 2 is 0.556 bits per heavy atom. The molecule has 0 heterocycles. The van der Waals surface area contributed by atoms with Crippen molar-refractivity contribution in [3.05, 3.63) is 34.9 Å². The molecule has 1 aromatic rings. The standard InChI is InChI=1S/C21H30Br6/c1-16(2,3)19(22,23)13-10-14(20(24,25)17(4,5)6)12-15(11-13)21(26,27)18(7,8)9/h10-12H,1-9H3. The molecule has 0 atom stereocenters. The molecule has 27 heavy (non-hydrogen) atoms. The van der Waals surface area contributed by atoms with Crippen LogP contribution in [0.3, 0.4) is 0 Å². The Hall–Kier alpha value is 2.10. The molecule has 0 N–H and O–H groups in total. The summed E-state index contributed by atoms with van der Waals surface area (Å²) in [5.41, 5.74) is 3.45. The zero-order valence-electron chi connectivity index (χ0n) is 17.5. The van der Waals surface area contributed by atoms with E-state index in [0.717, 1.165) is 0 Å². The van der Waals surface area contributed by atoms with Gasteiger partial charge in [-0.05, 0) is 32.9 Å². The maximum Gasteiger partial charge on any atom is 0.110 e. The van der Waals surface area contributed by atoms with Gasteiger partial charge >= 0.3 is 0 Å². The number of rotatable bonds is 3. The van der Waals surface area contributed by atoms with Gasteiger partial charge in [0, 0.05) is 0 Å². The fraction of sp³-hybridized carbons (Fsp3) is 0.714. The molecule has 156 valence electrons. The number of benzene rings is 1. The lowest BCUT2D eigenvalue weighted by molar-refractivity contribution is 0.373. The number of hydrogen-bond donors (Lipinski definition) is 0. The van der Waals surface area contributed by atoms with Gasteiger partial charge in [0.05, 0.1) is 0 Å². The minimum atomic E-state index is -0.361. The molecular formula is C21H30Br6. The summed E-state index contributed by atoms with van der Waals surface area (Å²) >= 11 is 23.8. The average Bonchev–Trinajstić information content (AvgIpc) is 2.43. The highest BCUT2D eigenvalue weighted by Crippen LogP contribution is 2.59. The highest BCUT2D eigenvalue weighted by atomic mass is 79.9. The zero-order valence-corrected chi connectivity index (χ0v) is 27.0. The fourth-order valence-corrected chi connectivity index (χ4v) is 3.84. The first-order chi connectivity index (χ1) is 11.6. The van der Waals surface area contributed by atoms with Crippen molar-refractivity contribution in [2.75, 3.05) is 0 Å². The van der Waals surface area contributed by atoms with Crippen LogP contribution in [0.25, 0.3) is 0 Å². The third-order valence-electron chi connectivity index (χ3n) is 4.85. The molecule has 1 aromatic carbocycles. The Labute approximate surface area is 216 Å². The lowest BCUT2D eigenvalue weighted by Gasteiger charge is -2.41. The van der Waals surface area contributed by atoms with Crippen molar-refractivity contribution in [3.8, 4) is 0 Å². The van der Waals surface area contributed by atoms with Crippen molar-refractivity contribution in [2.24, 2.45) is 16.2 Å². The smallest absolute Gasteiger partial charge is 0.0668 e. The van der Waals surface area contributed by atoms with E-state index in [9.17, 15) is 0 Å². The maximum atomic E-state index is 3.97. The molecule has 0 saturated heterocycles. The summed E-state index contributed by atoms with van der Waals surface area (Å²) in [6.45, 7) is 20.0. The topological polar surface area (TPSA) is 0 Å². The first kappa shape index (κ1) is 27.1. The van der Waals surface area contributed by atoms with Crippen LogP contribution in [0.1, 0.15) is 79.0 Å². The van der Waals surface area contributed by atoms with Crippen LogP contribution >= 0.6 is 95.6 Å². The Bertz CT molecular complexity index is 575. The van der Waals surface area contributed by atoms with Crippen molar-refractivity contribution in [1.29, 1.82) is 0 Å². The predicted octanol–water partition coefficient (Wildman–Crippen LogP) is 10.7. The highest BCUT2D eigenvalue weighted by Gasteiger charge is 2.46. The molecule has 1 rings (SSSR count). The summed E-state index contributed by atoms with van der Waals surface area (Å²) in [7, 11) is 0. The second kappa shape index (κ2) is 8.22. The first-order valence-corrected chi connectivity index (χ1v) is 13.6. The molecular weight excluding hydrogens is 732 g/mol. The Kier molecular flexibility index (Phi) is 8.26. The van der Waals surface area contributed by atoms with E-state index >= 15 is 0 Å². The van der Waals surface area contributed by atoms with Gasteiger partial charge in [-0.25, -0.2) is 0 Å². The van der Waals surface area contributed by atoms with Crippen LogP contribution in [0.2, 0.25) is 0 Å². The van der Waals surface area contributed by atoms with E-state index in [4.69, 9.17) is 0 Å². The van der Waals surface area contributed by atoms with Crippen molar-refractivity contribution < 1.29 is 0 Å². The van der Waals surface area contributed by atoms with E-state index < -0.39 is 0 Å². The number of halogens is 6. The van der Waals surface area contributed by atoms with Crippen LogP contribution < -0.4 is 0 Å². The van der Waals surface area contributed by atoms with Gasteiger partial charge in [-0.1, -0.05) is 176 Å². The Balaban J connectivity index is 3.90. The molecule has 0 amide bonds. The highest BCUT2D eigenvalue weighted by molar-refractivity contribution is 9.25. The summed E-state index contributed by atoms with van der Waals surface area (Å²) in [5, 5.41) is 0. The maximum absolute atomic E-state index is 3.97. The molecule has 0 saturated carbocycles. The minimum Gasteiger partial charge on any atom is -0.0668 e. The summed E-state index contributed by atoms with van der Waals surface area (Å²) in [4.78, 5) is 0. The molecule has 0 aromatic heterocycles. The van der Waals surface area contributed by atoms with Gasteiger partial charge in [-0.2, -0.15) is 0 Å². The largest absolute Gasteiger partial charge is 0.110 e. The predicted molar refractivity (Wildman–Crippen MR) is 143 cm³/mol. The van der Waals surface area contributed by atoms with E-state index in [0.29, 0.717) is 0 Å². The lowest BCUT2D eigenvalue weighted by atomic mass is 9.81. The van der Waals surface area contributed by atoms with Crippen LogP contribution in [0.5, 0.6) is 0 Å². The summed E-state index contributed by atoms with van der Waals surface area (Å²) < 4.78 is -1.08. The summed E-state index contributed by atoms with van der Waals surface area (Å²) in [5.74, 6) is 0. The normalized spacial score (nSPS) is 15.2. The van der Waals surface area contributed by atoms with Gasteiger partial charge in [-0.3, -0.25) is 0 Å². The van der Waals surface area contributed by atoms with Gasteiger partial charge in [0.15, 0.2) is 0 Å². The zero-order chi connectivity index (χ0) is 21.9. The van der Waals surface area contributed by atoms with Crippen LogP contribution in [0.15, 0.2) is 18.2 Å². The van der Waals surface area contributed by atoms with E-state index in [1.807, 2.05) is 0 Å². The molecule has 0 spiro atoms. The molecule has 0 bridgehead atoms. The molecule has 6 heteroatoms. The van der Waals surface area contributed by atoms with Crippen LogP contribution in [-0.2, 0) is 9.70 Å². The van der Waals surface area contributed by atoms with Crippen molar-refractivity contribution in [1.82, 2.24) is 0 Å². The van der Waals surface area contributed by atoms with Crippen molar-refractivity contribution in [2.45, 2.75) is 72.0 Å². The lowest BCUT2D eigenvalue weighted by Crippen LogP contribution is -2.33. The van der Waals surface area contributed by atoms with Crippen LogP contribution in [-0.4, -0.2) is 0 Å². The van der Waals surface area contributed by atoms with Crippen LogP contribution in [0, 0.1) is 16.2 Å². The monoisotopic (exact) mass is 756 g/mol. The minimum absolute atomic E-state index is 0.0328. The van der Waals surface area contributed by atoms with Gasteiger partial charge < -0.3 is 0 Å². The quantitative estimate of drug-likeness (QED) is 0.269. The van der Waals surface area contributed by atoms with Crippen LogP contribution in [0.4, 0.5) is 0 Å². The van der Waals surface area contributed by atoms with Crippen molar-refractivity contribution in [3.63, 3.8) is 0 Å². The molecule has 0 radical (unpaired) electrons. The first-order valence-electron chi connectivity index (χ1n) is 8.87. The summed E-state index contributed by atoms with van der Waals surface area (Å²) in [6.07, 6.45) is 0. The third-order valence-corrected chi connectivity index (χ3v) is 14.7. The number of hydrogen-bond acceptors (Lipinski definition) is 0. The molecule has 0 aliphatic heterocycles. The number of alkyl halides is 6. The second-order valence-corrected chi connectivity index (χ2v) is 20.6.